The van der Waals surface area contributed by atoms with Crippen LogP contribution in [0.25, 0.3) is 0 Å². The summed E-state index contributed by atoms with van der Waals surface area (Å²) in [5, 5.41) is 14.4. The molecule has 0 amide bonds. The molecule has 0 saturated carbocycles. The van der Waals surface area contributed by atoms with Crippen molar-refractivity contribution in [3.05, 3.63) is 94.8 Å². The summed E-state index contributed by atoms with van der Waals surface area (Å²) in [5.74, 6) is 0. The second-order valence-electron chi connectivity index (χ2n) is 9.00. The first-order valence-corrected chi connectivity index (χ1v) is 14.4. The zero-order chi connectivity index (χ0) is 25.8. The second kappa shape index (κ2) is 11.0. The smallest absolute Gasteiger partial charge is 0.261 e. The quantitative estimate of drug-likeness (QED) is 0.261. The van der Waals surface area contributed by atoms with Gasteiger partial charge in [-0.1, -0.05) is 18.2 Å². The van der Waals surface area contributed by atoms with Crippen molar-refractivity contribution in [3.63, 3.8) is 0 Å². The normalized spacial score (nSPS) is 13.9. The van der Waals surface area contributed by atoms with Crippen LogP contribution in [0.4, 0.5) is 16.5 Å². The number of aryl methyl sites for hydroxylation is 1. The minimum absolute atomic E-state index is 0.254. The lowest BCUT2D eigenvalue weighted by Gasteiger charge is -2.16. The fourth-order valence-corrected chi connectivity index (χ4v) is 6.24. The van der Waals surface area contributed by atoms with Crippen LogP contribution >= 0.6 is 11.3 Å². The molecule has 10 heteroatoms. The highest BCUT2D eigenvalue weighted by molar-refractivity contribution is 7.92. The summed E-state index contributed by atoms with van der Waals surface area (Å²) in [6.45, 7) is 3.94. The summed E-state index contributed by atoms with van der Waals surface area (Å²) in [7, 11) is -3.71. The Kier molecular flexibility index (Phi) is 7.52. The zero-order valence-electron chi connectivity index (χ0n) is 20.5. The van der Waals surface area contributed by atoms with E-state index in [9.17, 15) is 13.5 Å². The number of anilines is 3. The molecule has 1 aliphatic rings. The molecule has 1 unspecified atom stereocenters. The molecule has 192 valence electrons. The predicted molar refractivity (Wildman–Crippen MR) is 147 cm³/mol. The van der Waals surface area contributed by atoms with Gasteiger partial charge < -0.3 is 15.3 Å². The Morgan fingerprint density at radius 2 is 1.97 bits per heavy atom. The summed E-state index contributed by atoms with van der Waals surface area (Å²) in [4.78, 5) is 12.0. The molecule has 3 heterocycles. The summed E-state index contributed by atoms with van der Waals surface area (Å²) >= 11 is 1.63. The summed E-state index contributed by atoms with van der Waals surface area (Å²) < 4.78 is 28.8. The topological polar surface area (TPSA) is 107 Å². The molecule has 2 aromatic carbocycles. The lowest BCUT2D eigenvalue weighted by Crippen LogP contribution is -2.23. The molecule has 4 aromatic rings. The summed E-state index contributed by atoms with van der Waals surface area (Å²) in [6, 6.07) is 16.3. The zero-order valence-corrected chi connectivity index (χ0v) is 22.1. The number of nitrogens with zero attached hydrogens (tertiary/aromatic N) is 3. The summed E-state index contributed by atoms with van der Waals surface area (Å²) in [5.41, 5.74) is 4.39. The van der Waals surface area contributed by atoms with Crippen molar-refractivity contribution in [2.75, 3.05) is 29.3 Å². The van der Waals surface area contributed by atoms with Crippen molar-refractivity contribution in [3.8, 4) is 0 Å². The highest BCUT2D eigenvalue weighted by atomic mass is 32.2. The number of sulfonamides is 1. The van der Waals surface area contributed by atoms with Crippen LogP contribution in [-0.2, 0) is 22.9 Å². The van der Waals surface area contributed by atoms with E-state index in [4.69, 9.17) is 0 Å². The van der Waals surface area contributed by atoms with E-state index in [2.05, 4.69) is 24.9 Å². The van der Waals surface area contributed by atoms with Crippen molar-refractivity contribution < 1.29 is 13.5 Å². The van der Waals surface area contributed by atoms with E-state index in [0.29, 0.717) is 18.8 Å². The van der Waals surface area contributed by atoms with E-state index in [1.54, 1.807) is 54.1 Å². The van der Waals surface area contributed by atoms with E-state index >= 15 is 0 Å². The van der Waals surface area contributed by atoms with Gasteiger partial charge in [0.15, 0.2) is 5.13 Å². The molecule has 0 radical (unpaired) electrons. The van der Waals surface area contributed by atoms with Crippen molar-refractivity contribution in [2.45, 2.75) is 30.8 Å². The van der Waals surface area contributed by atoms with Gasteiger partial charge in [0.05, 0.1) is 11.0 Å². The average Bonchev–Trinajstić information content (AvgIpc) is 3.53. The van der Waals surface area contributed by atoms with Crippen LogP contribution in [-0.4, -0.2) is 43.1 Å². The number of thiazole rings is 1. The van der Waals surface area contributed by atoms with Crippen molar-refractivity contribution in [2.24, 2.45) is 0 Å². The van der Waals surface area contributed by atoms with Crippen LogP contribution in [0.3, 0.4) is 0 Å². The fourth-order valence-electron chi connectivity index (χ4n) is 4.33. The van der Waals surface area contributed by atoms with E-state index in [1.807, 2.05) is 37.4 Å². The molecule has 0 aliphatic carbocycles. The second-order valence-corrected chi connectivity index (χ2v) is 11.9. The number of hydrogen-bond acceptors (Lipinski definition) is 8. The SMILES string of the molecule is Cc1cnc(N2CCc3cc(S(=O)(=O)Nc4ccc(CCNCC(O)c5cccnc5)cc4)ccc32)s1. The third-order valence-electron chi connectivity index (χ3n) is 6.30. The highest BCUT2D eigenvalue weighted by Crippen LogP contribution is 2.37. The lowest BCUT2D eigenvalue weighted by molar-refractivity contribution is 0.174. The van der Waals surface area contributed by atoms with Gasteiger partial charge in [0.1, 0.15) is 0 Å². The van der Waals surface area contributed by atoms with Gasteiger partial charge in [0, 0.05) is 53.5 Å². The number of aliphatic hydroxyl groups excluding tert-OH is 1. The standard InChI is InChI=1S/C27H29N5O3S2/c1-19-16-30-27(36-19)32-14-11-21-15-24(8-9-25(21)32)37(34,35)31-23-6-4-20(5-7-23)10-13-29-18-26(33)22-3-2-12-28-17-22/h2-9,12,15-17,26,29,31,33H,10-11,13-14,18H2,1H3. The monoisotopic (exact) mass is 535 g/mol. The van der Waals surface area contributed by atoms with Crippen molar-refractivity contribution >= 4 is 37.9 Å². The first kappa shape index (κ1) is 25.3. The van der Waals surface area contributed by atoms with E-state index in [-0.39, 0.29) is 4.90 Å². The number of benzene rings is 2. The van der Waals surface area contributed by atoms with E-state index in [1.165, 1.54) is 0 Å². The van der Waals surface area contributed by atoms with Gasteiger partial charge in [-0.2, -0.15) is 0 Å². The van der Waals surface area contributed by atoms with Crippen LogP contribution in [0.15, 0.2) is 78.1 Å². The van der Waals surface area contributed by atoms with Gasteiger partial charge in [-0.25, -0.2) is 13.4 Å². The van der Waals surface area contributed by atoms with Gasteiger partial charge in [-0.15, -0.1) is 11.3 Å². The maximum Gasteiger partial charge on any atom is 0.261 e. The molecular formula is C27H29N5O3S2. The number of nitrogens with one attached hydrogen (secondary N) is 2. The molecule has 0 bridgehead atoms. The Labute approximate surface area is 221 Å². The first-order valence-electron chi connectivity index (χ1n) is 12.1. The Morgan fingerprint density at radius 3 is 2.70 bits per heavy atom. The highest BCUT2D eigenvalue weighted by Gasteiger charge is 2.25. The lowest BCUT2D eigenvalue weighted by atomic mass is 10.1. The Balaban J connectivity index is 1.16. The Morgan fingerprint density at radius 1 is 1.14 bits per heavy atom. The maximum atomic E-state index is 13.1. The molecule has 0 spiro atoms. The minimum Gasteiger partial charge on any atom is -0.387 e. The first-order chi connectivity index (χ1) is 17.9. The molecule has 3 N–H and O–H groups in total. The molecule has 2 aromatic heterocycles. The van der Waals surface area contributed by atoms with Gasteiger partial charge in [-0.05, 0) is 73.8 Å². The molecule has 8 nitrogen and oxygen atoms in total. The van der Waals surface area contributed by atoms with E-state index in [0.717, 1.165) is 51.8 Å². The maximum absolute atomic E-state index is 13.1. The Hall–Kier alpha value is -3.31. The van der Waals surface area contributed by atoms with Crippen molar-refractivity contribution in [1.82, 2.24) is 15.3 Å². The van der Waals surface area contributed by atoms with Crippen LogP contribution in [0.1, 0.15) is 27.7 Å². The molecule has 5 rings (SSSR count). The third-order valence-corrected chi connectivity index (χ3v) is 8.61. The number of fused-ring (bicyclic) bond motifs is 1. The number of rotatable bonds is 10. The molecule has 1 aliphatic heterocycles. The molecule has 1 atom stereocenters. The Bertz CT molecular complexity index is 1460. The van der Waals surface area contributed by atoms with Crippen LogP contribution in [0, 0.1) is 6.92 Å². The van der Waals surface area contributed by atoms with Gasteiger partial charge >= 0.3 is 0 Å². The average molecular weight is 536 g/mol. The largest absolute Gasteiger partial charge is 0.387 e. The minimum atomic E-state index is -3.71. The molecule has 37 heavy (non-hydrogen) atoms. The third kappa shape index (κ3) is 5.99. The van der Waals surface area contributed by atoms with Crippen LogP contribution < -0.4 is 14.9 Å². The number of aliphatic hydroxyl groups is 1. The number of aromatic nitrogens is 2. The molecule has 0 fully saturated rings. The van der Waals surface area contributed by atoms with E-state index < -0.39 is 16.1 Å². The predicted octanol–water partition coefficient (Wildman–Crippen LogP) is 4.21. The van der Waals surface area contributed by atoms with Gasteiger partial charge in [0.25, 0.3) is 10.0 Å². The number of pyridine rings is 1. The fraction of sp³-hybridized carbons (Fsp3) is 0.259. The molecular weight excluding hydrogens is 506 g/mol. The summed E-state index contributed by atoms with van der Waals surface area (Å²) in [6.07, 6.45) is 6.12. The van der Waals surface area contributed by atoms with Gasteiger partial charge in [-0.3, -0.25) is 9.71 Å². The van der Waals surface area contributed by atoms with Crippen LogP contribution in [0.5, 0.6) is 0 Å². The molecule has 0 saturated heterocycles. The van der Waals surface area contributed by atoms with Crippen LogP contribution in [0.2, 0.25) is 0 Å². The van der Waals surface area contributed by atoms with Gasteiger partial charge in [0.2, 0.25) is 0 Å². The number of hydrogen-bond donors (Lipinski definition) is 3. The van der Waals surface area contributed by atoms with Crippen molar-refractivity contribution in [1.29, 1.82) is 0 Å².